The number of amidine groups is 1. The largest absolute Gasteiger partial charge is 0.445 e. The summed E-state index contributed by atoms with van der Waals surface area (Å²) in [7, 11) is 0. The van der Waals surface area contributed by atoms with E-state index in [4.69, 9.17) is 10.5 Å². The van der Waals surface area contributed by atoms with E-state index in [0.29, 0.717) is 41.4 Å². The van der Waals surface area contributed by atoms with Crippen LogP contribution in [0.4, 0.5) is 16.2 Å². The number of hydrogen-bond acceptors (Lipinski definition) is 7. The quantitative estimate of drug-likeness (QED) is 0.229. The second-order valence-corrected chi connectivity index (χ2v) is 11.5. The van der Waals surface area contributed by atoms with Crippen molar-refractivity contribution in [2.45, 2.75) is 65.3 Å². The number of aliphatic imine (C=N–C) groups is 1. The summed E-state index contributed by atoms with van der Waals surface area (Å²) in [5.41, 5.74) is 11.6. The Morgan fingerprint density at radius 3 is 2.67 bits per heavy atom. The number of carbonyl (C=O) groups is 3. The number of rotatable bonds is 12. The second kappa shape index (κ2) is 16.4. The number of alkyl carbamates (subject to hydrolysis) is 1. The number of ether oxygens (including phenoxy) is 1. The summed E-state index contributed by atoms with van der Waals surface area (Å²) in [4.78, 5) is 50.2. The maximum Gasteiger partial charge on any atom is 0.407 e. The first-order chi connectivity index (χ1) is 22.2. The molecule has 0 saturated carbocycles. The molecular weight excluding hydrogens is 580 g/mol. The van der Waals surface area contributed by atoms with E-state index in [1.54, 1.807) is 36.5 Å². The van der Waals surface area contributed by atoms with Gasteiger partial charge in [-0.3, -0.25) is 14.6 Å². The Hall–Kier alpha value is -4.99. The number of allylic oxidation sites excluding steroid dienone is 4. The summed E-state index contributed by atoms with van der Waals surface area (Å²) >= 11 is 0. The number of anilines is 1. The third-order valence-electron chi connectivity index (χ3n) is 7.70. The monoisotopic (exact) mass is 624 g/mol. The normalized spacial score (nSPS) is 15.9. The number of fused-ring (bicyclic) bond motifs is 2. The first kappa shape index (κ1) is 33.9. The van der Waals surface area contributed by atoms with Crippen LogP contribution in [0, 0.1) is 0 Å². The van der Waals surface area contributed by atoms with Crippen molar-refractivity contribution in [2.75, 3.05) is 25.0 Å². The van der Waals surface area contributed by atoms with Crippen LogP contribution < -0.4 is 16.4 Å². The van der Waals surface area contributed by atoms with Gasteiger partial charge < -0.3 is 26.0 Å². The summed E-state index contributed by atoms with van der Waals surface area (Å²) < 4.78 is 5.41. The average Bonchev–Trinajstić information content (AvgIpc) is 3.21. The van der Waals surface area contributed by atoms with Crippen LogP contribution >= 0.6 is 0 Å². The van der Waals surface area contributed by atoms with Crippen molar-refractivity contribution in [1.82, 2.24) is 15.2 Å². The molecule has 2 aliphatic rings. The van der Waals surface area contributed by atoms with E-state index >= 15 is 0 Å². The van der Waals surface area contributed by atoms with Gasteiger partial charge in [0.05, 0.1) is 23.6 Å². The number of nitrogens with zero attached hydrogens (tertiary/aromatic N) is 3. The van der Waals surface area contributed by atoms with E-state index in [1.807, 2.05) is 50.0 Å². The topological polar surface area (TPSA) is 139 Å². The first-order valence-corrected chi connectivity index (χ1v) is 15.9. The number of hydrogen-bond donors (Lipinski definition) is 3. The highest BCUT2D eigenvalue weighted by molar-refractivity contribution is 6.08. The van der Waals surface area contributed by atoms with Crippen molar-refractivity contribution in [3.8, 4) is 0 Å². The number of nitrogens with two attached hydrogens (primary N) is 1. The van der Waals surface area contributed by atoms with Crippen molar-refractivity contribution in [1.29, 1.82) is 0 Å². The van der Waals surface area contributed by atoms with E-state index in [0.717, 1.165) is 54.5 Å². The van der Waals surface area contributed by atoms with E-state index < -0.39 is 6.09 Å². The molecule has 3 amide bonds. The van der Waals surface area contributed by atoms with Gasteiger partial charge in [0, 0.05) is 41.9 Å². The Morgan fingerprint density at radius 1 is 1.15 bits per heavy atom. The fourth-order valence-corrected chi connectivity index (χ4v) is 5.51. The lowest BCUT2D eigenvalue weighted by Crippen LogP contribution is -2.34. The lowest BCUT2D eigenvalue weighted by atomic mass is 9.91. The zero-order valence-electron chi connectivity index (χ0n) is 27.0. The van der Waals surface area contributed by atoms with Gasteiger partial charge in [0.25, 0.3) is 5.91 Å². The van der Waals surface area contributed by atoms with Gasteiger partial charge in [-0.1, -0.05) is 50.8 Å². The molecule has 1 aromatic heterocycles. The van der Waals surface area contributed by atoms with Crippen LogP contribution in [0.5, 0.6) is 0 Å². The molecule has 1 aliphatic carbocycles. The number of nitrogens with one attached hydrogen (secondary N) is 2. The SMILES string of the molecule is C=C/C=C\C=C(/C)COC(=O)NC1CCCc2ncc(NC(=O)c3ccc4c(c3)N=C(N)CC(C(=O)N(CCC)CCC)=C4)cc21. The van der Waals surface area contributed by atoms with Gasteiger partial charge in [-0.15, -0.1) is 0 Å². The highest BCUT2D eigenvalue weighted by Crippen LogP contribution is 2.32. The summed E-state index contributed by atoms with van der Waals surface area (Å²) in [5, 5.41) is 5.88. The van der Waals surface area contributed by atoms with Crippen LogP contribution in [0.3, 0.4) is 0 Å². The number of aromatic nitrogens is 1. The molecule has 2 heterocycles. The Labute approximate surface area is 271 Å². The van der Waals surface area contributed by atoms with Crippen LogP contribution in [-0.4, -0.2) is 53.3 Å². The molecule has 1 atom stereocenters. The Morgan fingerprint density at radius 2 is 1.93 bits per heavy atom. The molecule has 4 rings (SSSR count). The molecule has 0 radical (unpaired) electrons. The van der Waals surface area contributed by atoms with Crippen LogP contribution in [0.25, 0.3) is 6.08 Å². The third-order valence-corrected chi connectivity index (χ3v) is 7.70. The minimum atomic E-state index is -0.514. The van der Waals surface area contributed by atoms with Gasteiger partial charge in [-0.05, 0) is 74.4 Å². The van der Waals surface area contributed by atoms with Gasteiger partial charge in [0.1, 0.15) is 12.4 Å². The summed E-state index contributed by atoms with van der Waals surface area (Å²) in [6, 6.07) is 6.73. The molecule has 1 aromatic carbocycles. The van der Waals surface area contributed by atoms with Gasteiger partial charge in [-0.25, -0.2) is 9.79 Å². The lowest BCUT2D eigenvalue weighted by Gasteiger charge is -2.26. The van der Waals surface area contributed by atoms with Crippen molar-refractivity contribution in [3.05, 3.63) is 94.9 Å². The highest BCUT2D eigenvalue weighted by Gasteiger charge is 2.25. The number of carbonyl (C=O) groups excluding carboxylic acids is 3. The van der Waals surface area contributed by atoms with Gasteiger partial charge in [0.2, 0.25) is 5.91 Å². The molecule has 0 bridgehead atoms. The zero-order chi connectivity index (χ0) is 33.1. The van der Waals surface area contributed by atoms with Crippen LogP contribution in [0.2, 0.25) is 0 Å². The molecule has 242 valence electrons. The number of amides is 3. The molecule has 0 saturated heterocycles. The summed E-state index contributed by atoms with van der Waals surface area (Å²) in [6.45, 7) is 11.1. The third kappa shape index (κ3) is 9.03. The van der Waals surface area contributed by atoms with E-state index in [-0.39, 0.29) is 30.9 Å². The molecule has 4 N–H and O–H groups in total. The van der Waals surface area contributed by atoms with Crippen LogP contribution in [0.1, 0.15) is 86.1 Å². The van der Waals surface area contributed by atoms with Gasteiger partial charge >= 0.3 is 6.09 Å². The summed E-state index contributed by atoms with van der Waals surface area (Å²) in [6.07, 6.45) is 14.5. The lowest BCUT2D eigenvalue weighted by molar-refractivity contribution is -0.127. The Balaban J connectivity index is 1.47. The highest BCUT2D eigenvalue weighted by atomic mass is 16.5. The van der Waals surface area contributed by atoms with Crippen molar-refractivity contribution >= 4 is 41.2 Å². The molecule has 0 fully saturated rings. The predicted molar refractivity (Wildman–Crippen MR) is 183 cm³/mol. The first-order valence-electron chi connectivity index (χ1n) is 15.9. The maximum atomic E-state index is 13.3. The minimum Gasteiger partial charge on any atom is -0.445 e. The molecule has 10 heteroatoms. The summed E-state index contributed by atoms with van der Waals surface area (Å²) in [5.74, 6) is -0.0657. The van der Waals surface area contributed by atoms with Crippen molar-refractivity contribution in [3.63, 3.8) is 0 Å². The average molecular weight is 625 g/mol. The number of benzene rings is 1. The zero-order valence-corrected chi connectivity index (χ0v) is 27.0. The van der Waals surface area contributed by atoms with E-state index in [2.05, 4.69) is 27.2 Å². The van der Waals surface area contributed by atoms with Crippen LogP contribution in [-0.2, 0) is 16.0 Å². The molecule has 1 unspecified atom stereocenters. The Bertz CT molecular complexity index is 1580. The predicted octanol–water partition coefficient (Wildman–Crippen LogP) is 6.55. The van der Waals surface area contributed by atoms with Crippen LogP contribution in [0.15, 0.2) is 77.5 Å². The fraction of sp³-hybridized carbons (Fsp3) is 0.361. The molecule has 10 nitrogen and oxygen atoms in total. The maximum absolute atomic E-state index is 13.3. The standard InChI is InChI=1S/C36H44N6O4/c1-5-8-9-11-24(4)23-46-36(45)41-31-13-10-12-30-29(31)21-28(22-38-30)39-34(43)26-15-14-25-18-27(20-33(37)40-32(25)19-26)35(44)42(16-6-2)17-7-3/h5,8-9,11,14-15,18-19,21-22,31H,1,6-7,10,12-13,16-17,20,23H2,2-4H3,(H2,37,40)(H,39,43)(H,41,45)/b9-8-,24-11+. The fourth-order valence-electron chi connectivity index (χ4n) is 5.51. The molecule has 0 spiro atoms. The number of aryl methyl sites for hydroxylation is 1. The second-order valence-electron chi connectivity index (χ2n) is 11.5. The molecular formula is C36H44N6O4. The van der Waals surface area contributed by atoms with Gasteiger partial charge in [-0.2, -0.15) is 0 Å². The van der Waals surface area contributed by atoms with E-state index in [9.17, 15) is 14.4 Å². The smallest absolute Gasteiger partial charge is 0.407 e. The molecule has 1 aliphatic heterocycles. The Kier molecular flexibility index (Phi) is 12.1. The number of pyridine rings is 1. The molecule has 2 aromatic rings. The van der Waals surface area contributed by atoms with Gasteiger partial charge in [0.15, 0.2) is 0 Å². The molecule has 46 heavy (non-hydrogen) atoms. The van der Waals surface area contributed by atoms with Crippen molar-refractivity contribution < 1.29 is 19.1 Å². The van der Waals surface area contributed by atoms with E-state index in [1.165, 1.54) is 0 Å². The van der Waals surface area contributed by atoms with Crippen molar-refractivity contribution in [2.24, 2.45) is 10.7 Å². The minimum absolute atomic E-state index is 0.0406.